The van der Waals surface area contributed by atoms with E-state index in [-0.39, 0.29) is 16.4 Å². The van der Waals surface area contributed by atoms with Gasteiger partial charge in [-0.05, 0) is 80.3 Å². The van der Waals surface area contributed by atoms with Crippen molar-refractivity contribution in [1.29, 1.82) is 0 Å². The Bertz CT molecular complexity index is 1760. The topological polar surface area (TPSA) is 176 Å². The van der Waals surface area contributed by atoms with Gasteiger partial charge >= 0.3 is 6.09 Å². The maximum absolute atomic E-state index is 14.7. The zero-order chi connectivity index (χ0) is 34.5. The zero-order valence-corrected chi connectivity index (χ0v) is 28.0. The Hall–Kier alpha value is -4.98. The molecule has 0 bridgehead atoms. The Morgan fingerprint density at radius 2 is 1.62 bits per heavy atom. The van der Waals surface area contributed by atoms with Crippen LogP contribution >= 0.6 is 0 Å². The van der Waals surface area contributed by atoms with Gasteiger partial charge in [0.15, 0.2) is 21.3 Å². The molecule has 0 unspecified atom stereocenters. The number of primary amides is 1. The summed E-state index contributed by atoms with van der Waals surface area (Å²) in [5, 5.41) is 5.10. The molecular weight excluding hydrogens is 628 g/mol. The number of hydrogen-bond acceptors (Lipinski definition) is 10. The van der Waals surface area contributed by atoms with Gasteiger partial charge in [-0.15, -0.1) is 0 Å². The molecule has 1 aliphatic heterocycles. The van der Waals surface area contributed by atoms with E-state index in [0.717, 1.165) is 0 Å². The molecule has 3 aromatic carbocycles. The minimum atomic E-state index is -3.79. The van der Waals surface area contributed by atoms with Gasteiger partial charge in [0.05, 0.1) is 44.6 Å². The average Bonchev–Trinajstić information content (AvgIpc) is 3.56. The third-order valence-corrected chi connectivity index (χ3v) is 10.2. The summed E-state index contributed by atoms with van der Waals surface area (Å²) in [6.07, 6.45) is 0.342. The molecule has 2 atom stereocenters. The highest BCUT2D eigenvalue weighted by molar-refractivity contribution is 7.92. The van der Waals surface area contributed by atoms with E-state index >= 15 is 0 Å². The van der Waals surface area contributed by atoms with Gasteiger partial charge in [0, 0.05) is 29.5 Å². The van der Waals surface area contributed by atoms with Gasteiger partial charge in [-0.1, -0.05) is 6.07 Å². The van der Waals surface area contributed by atoms with Gasteiger partial charge < -0.3 is 34.9 Å². The highest BCUT2D eigenvalue weighted by Crippen LogP contribution is 2.41. The molecular formula is C33H40N4O9S. The van der Waals surface area contributed by atoms with Crippen LogP contribution in [0.5, 0.6) is 17.2 Å². The van der Waals surface area contributed by atoms with Crippen molar-refractivity contribution in [3.63, 3.8) is 0 Å². The van der Waals surface area contributed by atoms with Crippen LogP contribution in [0.2, 0.25) is 0 Å². The number of nitrogens with one attached hydrogen (secondary N) is 2. The molecule has 0 spiro atoms. The quantitative estimate of drug-likeness (QED) is 0.246. The third kappa shape index (κ3) is 7.54. The lowest BCUT2D eigenvalue weighted by atomic mass is 10.00. The van der Waals surface area contributed by atoms with E-state index < -0.39 is 39.2 Å². The molecule has 1 fully saturated rings. The lowest BCUT2D eigenvalue weighted by Crippen LogP contribution is -2.38. The first kappa shape index (κ1) is 34.9. The van der Waals surface area contributed by atoms with E-state index in [4.69, 9.17) is 24.7 Å². The van der Waals surface area contributed by atoms with Crippen LogP contribution in [0.3, 0.4) is 0 Å². The van der Waals surface area contributed by atoms with Gasteiger partial charge in [-0.25, -0.2) is 13.2 Å². The zero-order valence-electron chi connectivity index (χ0n) is 27.2. The number of sulfone groups is 1. The maximum atomic E-state index is 14.7. The van der Waals surface area contributed by atoms with Gasteiger partial charge in [-0.2, -0.15) is 0 Å². The van der Waals surface area contributed by atoms with Crippen LogP contribution in [0.1, 0.15) is 60.3 Å². The summed E-state index contributed by atoms with van der Waals surface area (Å²) < 4.78 is 48.1. The Kier molecular flexibility index (Phi) is 10.9. The number of carbonyl (C=O) groups excluding carboxylic acids is 3. The van der Waals surface area contributed by atoms with Crippen LogP contribution in [0, 0.1) is 0 Å². The SMILES string of the molecule is COC(=O)Nc1ccc(S(=O)(=O)C(C)C)c([C@H]2CCCN2C(=O)[C@@H](Nc2cc(OC)cc(C(N)=O)c2)c2ccc(OC)c(OC)c2)c1. The van der Waals surface area contributed by atoms with Crippen LogP contribution in [0.25, 0.3) is 0 Å². The number of anilines is 2. The molecule has 13 nitrogen and oxygen atoms in total. The molecule has 3 amide bonds. The highest BCUT2D eigenvalue weighted by Gasteiger charge is 2.38. The van der Waals surface area contributed by atoms with Crippen molar-refractivity contribution >= 4 is 39.1 Å². The molecule has 1 heterocycles. The standard InChI is InChI=1S/C33H40N4O9S/c1-19(2)47(41,42)29-12-10-22(36-33(40)46-6)18-25(29)26-8-7-13-37(26)32(39)30(20-9-11-27(44-4)28(16-20)45-5)35-23-14-21(31(34)38)15-24(17-23)43-3/h9-12,14-19,26,30,35H,7-8,13H2,1-6H3,(H2,34,38)(H,36,40)/t26-,30+/m1/s1. The van der Waals surface area contributed by atoms with Gasteiger partial charge in [-0.3, -0.25) is 14.9 Å². The first-order valence-electron chi connectivity index (χ1n) is 14.8. The fourth-order valence-corrected chi connectivity index (χ4v) is 6.81. The second-order valence-electron chi connectivity index (χ2n) is 11.2. The first-order chi connectivity index (χ1) is 22.3. The fraction of sp³-hybridized carbons (Fsp3) is 0.364. The number of ether oxygens (including phenoxy) is 4. The van der Waals surface area contributed by atoms with E-state index in [1.165, 1.54) is 52.7 Å². The van der Waals surface area contributed by atoms with Crippen molar-refractivity contribution in [2.24, 2.45) is 5.73 Å². The third-order valence-electron chi connectivity index (χ3n) is 7.99. The number of benzene rings is 3. The number of amides is 3. The number of nitrogens with zero attached hydrogens (tertiary/aromatic N) is 1. The molecule has 0 aliphatic carbocycles. The van der Waals surface area contributed by atoms with Gasteiger partial charge in [0.25, 0.3) is 0 Å². The molecule has 0 radical (unpaired) electrons. The second-order valence-corrected chi connectivity index (χ2v) is 13.6. The molecule has 4 rings (SSSR count). The van der Waals surface area contributed by atoms with Crippen LogP contribution in [0.4, 0.5) is 16.2 Å². The molecule has 3 aromatic rings. The van der Waals surface area contributed by atoms with Crippen LogP contribution in [-0.4, -0.2) is 71.5 Å². The van der Waals surface area contributed by atoms with Crippen molar-refractivity contribution in [3.05, 3.63) is 71.3 Å². The van der Waals surface area contributed by atoms with Gasteiger partial charge in [0.2, 0.25) is 11.8 Å². The molecule has 0 aromatic heterocycles. The molecule has 47 heavy (non-hydrogen) atoms. The van der Waals surface area contributed by atoms with E-state index in [0.29, 0.717) is 59.1 Å². The van der Waals surface area contributed by atoms with Crippen LogP contribution in [-0.2, 0) is 19.4 Å². The summed E-state index contributed by atoms with van der Waals surface area (Å²) >= 11 is 0. The number of carbonyl (C=O) groups is 3. The molecule has 4 N–H and O–H groups in total. The van der Waals surface area contributed by atoms with E-state index in [1.807, 2.05) is 0 Å². The molecule has 1 aliphatic rings. The number of likely N-dealkylation sites (tertiary alicyclic amines) is 1. The van der Waals surface area contributed by atoms with E-state index in [9.17, 15) is 22.8 Å². The highest BCUT2D eigenvalue weighted by atomic mass is 32.2. The largest absolute Gasteiger partial charge is 0.497 e. The number of nitrogens with two attached hydrogens (primary N) is 1. The van der Waals surface area contributed by atoms with Crippen LogP contribution < -0.4 is 30.6 Å². The molecule has 252 valence electrons. The minimum absolute atomic E-state index is 0.0714. The van der Waals surface area contributed by atoms with Crippen molar-refractivity contribution in [2.75, 3.05) is 45.6 Å². The Morgan fingerprint density at radius 1 is 0.894 bits per heavy atom. The maximum Gasteiger partial charge on any atom is 0.411 e. The predicted octanol–water partition coefficient (Wildman–Crippen LogP) is 4.69. The lowest BCUT2D eigenvalue weighted by molar-refractivity contribution is -0.133. The predicted molar refractivity (Wildman–Crippen MR) is 176 cm³/mol. The molecule has 14 heteroatoms. The van der Waals surface area contributed by atoms with Crippen molar-refractivity contribution < 1.29 is 41.7 Å². The van der Waals surface area contributed by atoms with E-state index in [1.54, 1.807) is 49.1 Å². The smallest absolute Gasteiger partial charge is 0.411 e. The number of rotatable bonds is 12. The fourth-order valence-electron chi connectivity index (χ4n) is 5.52. The number of methoxy groups -OCH3 is 4. The monoisotopic (exact) mass is 668 g/mol. The normalized spacial score (nSPS) is 15.1. The van der Waals surface area contributed by atoms with E-state index in [2.05, 4.69) is 10.6 Å². The Morgan fingerprint density at radius 3 is 2.23 bits per heavy atom. The molecule has 0 saturated carbocycles. The summed E-state index contributed by atoms with van der Waals surface area (Å²) in [6.45, 7) is 3.50. The lowest BCUT2D eigenvalue weighted by Gasteiger charge is -2.32. The van der Waals surface area contributed by atoms with Crippen LogP contribution in [0.15, 0.2) is 59.5 Å². The van der Waals surface area contributed by atoms with Crippen molar-refractivity contribution in [3.8, 4) is 17.2 Å². The Labute approximate surface area is 274 Å². The summed E-state index contributed by atoms with van der Waals surface area (Å²) in [7, 11) is 1.86. The number of hydrogen-bond donors (Lipinski definition) is 3. The average molecular weight is 669 g/mol. The van der Waals surface area contributed by atoms with Crippen molar-refractivity contribution in [1.82, 2.24) is 4.90 Å². The first-order valence-corrected chi connectivity index (χ1v) is 16.4. The van der Waals surface area contributed by atoms with Crippen molar-refractivity contribution in [2.45, 2.75) is 48.9 Å². The second kappa shape index (κ2) is 14.6. The Balaban J connectivity index is 1.85. The summed E-state index contributed by atoms with van der Waals surface area (Å²) in [4.78, 5) is 40.5. The summed E-state index contributed by atoms with van der Waals surface area (Å²) in [5.74, 6) is 0.136. The minimum Gasteiger partial charge on any atom is -0.497 e. The molecule has 1 saturated heterocycles. The summed E-state index contributed by atoms with van der Waals surface area (Å²) in [6, 6.07) is 12.5. The summed E-state index contributed by atoms with van der Waals surface area (Å²) in [5.41, 5.74) is 7.33. The van der Waals surface area contributed by atoms with Gasteiger partial charge in [0.1, 0.15) is 11.8 Å².